The summed E-state index contributed by atoms with van der Waals surface area (Å²) in [5.74, 6) is 1.40. The van der Waals surface area contributed by atoms with Crippen molar-refractivity contribution in [3.8, 4) is 0 Å². The van der Waals surface area contributed by atoms with E-state index in [2.05, 4.69) is 44.5 Å². The van der Waals surface area contributed by atoms with Crippen molar-refractivity contribution in [1.82, 2.24) is 15.3 Å². The Morgan fingerprint density at radius 2 is 1.91 bits per heavy atom. The molecule has 2 aromatic rings. The Morgan fingerprint density at radius 3 is 2.86 bits per heavy atom. The molecule has 4 rings (SSSR count). The van der Waals surface area contributed by atoms with Crippen LogP contribution in [0.1, 0.15) is 23.2 Å². The lowest BCUT2D eigenvalue weighted by atomic mass is 10.0. The van der Waals surface area contributed by atoms with Crippen molar-refractivity contribution in [2.75, 3.05) is 30.3 Å². The van der Waals surface area contributed by atoms with E-state index in [4.69, 9.17) is 5.73 Å². The van der Waals surface area contributed by atoms with Gasteiger partial charge in [0.25, 0.3) is 0 Å². The summed E-state index contributed by atoms with van der Waals surface area (Å²) in [5.41, 5.74) is 11.0. The van der Waals surface area contributed by atoms with E-state index in [1.165, 1.54) is 16.8 Å². The summed E-state index contributed by atoms with van der Waals surface area (Å²) in [6.07, 6.45) is 4.17. The number of benzene rings is 1. The van der Waals surface area contributed by atoms with Crippen molar-refractivity contribution >= 4 is 17.5 Å². The molecule has 0 unspecified atom stereocenters. The van der Waals surface area contributed by atoms with Gasteiger partial charge >= 0.3 is 0 Å². The van der Waals surface area contributed by atoms with Crippen LogP contribution in [0.3, 0.4) is 0 Å². The van der Waals surface area contributed by atoms with Crippen molar-refractivity contribution in [2.24, 2.45) is 0 Å². The van der Waals surface area contributed by atoms with Crippen LogP contribution in [0, 0.1) is 0 Å². The molecule has 0 bridgehead atoms. The molecule has 0 spiro atoms. The summed E-state index contributed by atoms with van der Waals surface area (Å²) < 4.78 is 0. The lowest BCUT2D eigenvalue weighted by Crippen LogP contribution is -2.27. The fourth-order valence-corrected chi connectivity index (χ4v) is 3.52. The van der Waals surface area contributed by atoms with Crippen LogP contribution >= 0.6 is 0 Å². The first-order valence-electron chi connectivity index (χ1n) is 8.04. The number of aromatic nitrogens is 2. The molecule has 1 aromatic carbocycles. The van der Waals surface area contributed by atoms with Crippen LogP contribution < -0.4 is 16.0 Å². The summed E-state index contributed by atoms with van der Waals surface area (Å²) in [4.78, 5) is 11.4. The molecule has 22 heavy (non-hydrogen) atoms. The second kappa shape index (κ2) is 5.57. The minimum Gasteiger partial charge on any atom is -0.368 e. The monoisotopic (exact) mass is 295 g/mol. The largest absolute Gasteiger partial charge is 0.368 e. The molecule has 3 heterocycles. The maximum atomic E-state index is 5.99. The molecule has 5 heteroatoms. The number of nitrogens with two attached hydrogens (primary N) is 1. The van der Waals surface area contributed by atoms with Crippen LogP contribution in [-0.4, -0.2) is 29.6 Å². The van der Waals surface area contributed by atoms with Crippen molar-refractivity contribution in [3.05, 3.63) is 41.1 Å². The van der Waals surface area contributed by atoms with Crippen LogP contribution in [0.15, 0.2) is 24.3 Å². The number of nitrogens with one attached hydrogen (secondary N) is 1. The number of hydrogen-bond acceptors (Lipinski definition) is 5. The molecule has 0 atom stereocenters. The minimum absolute atomic E-state index is 0.388. The molecular formula is C17H21N5. The highest BCUT2D eigenvalue weighted by atomic mass is 15.2. The van der Waals surface area contributed by atoms with Gasteiger partial charge in [-0.1, -0.05) is 18.2 Å². The zero-order valence-electron chi connectivity index (χ0n) is 12.7. The SMILES string of the molecule is Nc1nc2c(c(N3CCCc4ccccc43)n1)CCNCC2. The van der Waals surface area contributed by atoms with Crippen LogP contribution in [0.4, 0.5) is 17.5 Å². The Hall–Kier alpha value is -2.14. The molecule has 5 nitrogen and oxygen atoms in total. The van der Waals surface area contributed by atoms with Crippen molar-refractivity contribution in [1.29, 1.82) is 0 Å². The number of fused-ring (bicyclic) bond motifs is 2. The minimum atomic E-state index is 0.388. The van der Waals surface area contributed by atoms with Gasteiger partial charge in [-0.25, -0.2) is 4.98 Å². The van der Waals surface area contributed by atoms with Crippen LogP contribution in [0.2, 0.25) is 0 Å². The van der Waals surface area contributed by atoms with E-state index >= 15 is 0 Å². The first kappa shape index (κ1) is 13.5. The number of nitrogen functional groups attached to an aromatic ring is 1. The number of hydrogen-bond donors (Lipinski definition) is 2. The third-order valence-electron chi connectivity index (χ3n) is 4.54. The van der Waals surface area contributed by atoms with Crippen molar-refractivity contribution in [2.45, 2.75) is 25.7 Å². The van der Waals surface area contributed by atoms with Gasteiger partial charge in [-0.3, -0.25) is 0 Å². The van der Waals surface area contributed by atoms with Gasteiger partial charge in [0.15, 0.2) is 0 Å². The van der Waals surface area contributed by atoms with Crippen molar-refractivity contribution in [3.63, 3.8) is 0 Å². The highest BCUT2D eigenvalue weighted by molar-refractivity contribution is 5.69. The average molecular weight is 295 g/mol. The zero-order valence-corrected chi connectivity index (χ0v) is 12.7. The highest BCUT2D eigenvalue weighted by Gasteiger charge is 2.24. The van der Waals surface area contributed by atoms with Crippen LogP contribution in [-0.2, 0) is 19.3 Å². The van der Waals surface area contributed by atoms with E-state index in [9.17, 15) is 0 Å². The van der Waals surface area contributed by atoms with Gasteiger partial charge in [-0.2, -0.15) is 4.98 Å². The quantitative estimate of drug-likeness (QED) is 0.840. The number of nitrogens with zero attached hydrogens (tertiary/aromatic N) is 3. The van der Waals surface area contributed by atoms with Crippen LogP contribution in [0.25, 0.3) is 0 Å². The Morgan fingerprint density at radius 1 is 1.05 bits per heavy atom. The van der Waals surface area contributed by atoms with E-state index < -0.39 is 0 Å². The third kappa shape index (κ3) is 2.31. The maximum absolute atomic E-state index is 5.99. The number of anilines is 3. The molecule has 0 fully saturated rings. The molecule has 1 aromatic heterocycles. The first-order chi connectivity index (χ1) is 10.8. The first-order valence-corrected chi connectivity index (χ1v) is 8.04. The van der Waals surface area contributed by atoms with E-state index in [0.29, 0.717) is 5.95 Å². The van der Waals surface area contributed by atoms with E-state index in [1.807, 2.05) is 0 Å². The predicted molar refractivity (Wildman–Crippen MR) is 88.5 cm³/mol. The highest BCUT2D eigenvalue weighted by Crippen LogP contribution is 2.35. The topological polar surface area (TPSA) is 67.1 Å². The zero-order chi connectivity index (χ0) is 14.9. The van der Waals surface area contributed by atoms with Gasteiger partial charge < -0.3 is 16.0 Å². The second-order valence-electron chi connectivity index (χ2n) is 5.96. The predicted octanol–water partition coefficient (Wildman–Crippen LogP) is 1.83. The van der Waals surface area contributed by atoms with Gasteiger partial charge in [0.1, 0.15) is 5.82 Å². The second-order valence-corrected chi connectivity index (χ2v) is 5.96. The maximum Gasteiger partial charge on any atom is 0.222 e. The van der Waals surface area contributed by atoms with Gasteiger partial charge in [0.2, 0.25) is 5.95 Å². The average Bonchev–Trinajstić information content (AvgIpc) is 2.79. The Kier molecular flexibility index (Phi) is 3.42. The third-order valence-corrected chi connectivity index (χ3v) is 4.54. The lowest BCUT2D eigenvalue weighted by Gasteiger charge is -2.32. The smallest absolute Gasteiger partial charge is 0.222 e. The standard InChI is InChI=1S/C17H21N5/c18-17-20-14-8-10-19-9-7-13(14)16(21-17)22-11-3-5-12-4-1-2-6-15(12)22/h1-2,4,6,19H,3,5,7-11H2,(H2,18,20,21). The Balaban J connectivity index is 1.85. The van der Waals surface area contributed by atoms with Crippen LogP contribution in [0.5, 0.6) is 0 Å². The molecule has 0 aliphatic carbocycles. The van der Waals surface area contributed by atoms with E-state index in [-0.39, 0.29) is 0 Å². The summed E-state index contributed by atoms with van der Waals surface area (Å²) in [6, 6.07) is 8.61. The van der Waals surface area contributed by atoms with E-state index in [0.717, 1.165) is 56.8 Å². The molecule has 3 N–H and O–H groups in total. The summed E-state index contributed by atoms with van der Waals surface area (Å²) in [5, 5.41) is 3.44. The molecule has 2 aliphatic heterocycles. The Labute approximate surface area is 130 Å². The molecule has 114 valence electrons. The summed E-state index contributed by atoms with van der Waals surface area (Å²) in [7, 11) is 0. The molecule has 0 amide bonds. The fourth-order valence-electron chi connectivity index (χ4n) is 3.52. The summed E-state index contributed by atoms with van der Waals surface area (Å²) >= 11 is 0. The Bertz CT molecular complexity index is 697. The van der Waals surface area contributed by atoms with Gasteiger partial charge in [0.05, 0.1) is 5.69 Å². The number of aryl methyl sites for hydroxylation is 1. The summed E-state index contributed by atoms with van der Waals surface area (Å²) in [6.45, 7) is 2.93. The lowest BCUT2D eigenvalue weighted by molar-refractivity contribution is 0.707. The van der Waals surface area contributed by atoms with Gasteiger partial charge in [0, 0.05) is 30.8 Å². The molecule has 0 saturated heterocycles. The molecule has 0 saturated carbocycles. The molecule has 2 aliphatic rings. The van der Waals surface area contributed by atoms with Gasteiger partial charge in [-0.05, 0) is 37.4 Å². The number of para-hydroxylation sites is 1. The fraction of sp³-hybridized carbons (Fsp3) is 0.412. The number of rotatable bonds is 1. The molecule has 0 radical (unpaired) electrons. The van der Waals surface area contributed by atoms with E-state index in [1.54, 1.807) is 0 Å². The van der Waals surface area contributed by atoms with Gasteiger partial charge in [-0.15, -0.1) is 0 Å². The molecular weight excluding hydrogens is 274 g/mol. The normalized spacial score (nSPS) is 17.5. The van der Waals surface area contributed by atoms with Crippen molar-refractivity contribution < 1.29 is 0 Å².